The van der Waals surface area contributed by atoms with Crippen molar-refractivity contribution in [3.05, 3.63) is 96.8 Å². The van der Waals surface area contributed by atoms with Crippen molar-refractivity contribution in [1.82, 2.24) is 14.0 Å². The summed E-state index contributed by atoms with van der Waals surface area (Å²) in [7, 11) is 1.57. The SMILES string of the molecule is CCCC1=C(C(=O)OCC)[C@H](c2ccccc2OC)n2c(s/c(=C/c3cn(CC(=O)N4CCOCC4)c4ccccc34)c2=O)=N1. The summed E-state index contributed by atoms with van der Waals surface area (Å²) in [6.07, 6.45) is 5.09. The van der Waals surface area contributed by atoms with E-state index in [2.05, 4.69) is 0 Å². The van der Waals surface area contributed by atoms with Gasteiger partial charge in [0.25, 0.3) is 5.56 Å². The van der Waals surface area contributed by atoms with E-state index in [4.69, 9.17) is 19.2 Å². The van der Waals surface area contributed by atoms with Crippen LogP contribution in [0.1, 0.15) is 43.9 Å². The van der Waals surface area contributed by atoms with Crippen molar-refractivity contribution >= 4 is 40.2 Å². The first-order chi connectivity index (χ1) is 21.9. The van der Waals surface area contributed by atoms with Crippen LogP contribution in [0.15, 0.2) is 75.8 Å². The summed E-state index contributed by atoms with van der Waals surface area (Å²) in [5.41, 5.74) is 3.08. The van der Waals surface area contributed by atoms with Crippen LogP contribution in [-0.4, -0.2) is 65.9 Å². The molecule has 0 spiro atoms. The van der Waals surface area contributed by atoms with Gasteiger partial charge >= 0.3 is 5.97 Å². The zero-order valence-corrected chi connectivity index (χ0v) is 26.5. The number of carbonyl (C=O) groups is 2. The lowest BCUT2D eigenvalue weighted by Gasteiger charge is -2.27. The van der Waals surface area contributed by atoms with Gasteiger partial charge in [-0.3, -0.25) is 14.2 Å². The lowest BCUT2D eigenvalue weighted by molar-refractivity contribution is -0.139. The van der Waals surface area contributed by atoms with E-state index in [0.29, 0.717) is 64.6 Å². The van der Waals surface area contributed by atoms with Gasteiger partial charge in [0.2, 0.25) is 5.91 Å². The van der Waals surface area contributed by atoms with Crippen molar-refractivity contribution in [2.75, 3.05) is 40.0 Å². The number of amides is 1. The molecule has 0 radical (unpaired) electrons. The third kappa shape index (κ3) is 5.85. The highest BCUT2D eigenvalue weighted by Crippen LogP contribution is 2.37. The van der Waals surface area contributed by atoms with Crippen LogP contribution >= 0.6 is 11.3 Å². The smallest absolute Gasteiger partial charge is 0.338 e. The van der Waals surface area contributed by atoms with Crippen molar-refractivity contribution in [3.63, 3.8) is 0 Å². The van der Waals surface area contributed by atoms with E-state index in [1.807, 2.05) is 77.2 Å². The summed E-state index contributed by atoms with van der Waals surface area (Å²) in [5, 5.41) is 0.929. The van der Waals surface area contributed by atoms with Gasteiger partial charge in [0.1, 0.15) is 18.3 Å². The topological polar surface area (TPSA) is 104 Å². The molecule has 1 saturated heterocycles. The molecule has 1 fully saturated rings. The molecule has 0 saturated carbocycles. The number of allylic oxidation sites excluding steroid dienone is 1. The van der Waals surface area contributed by atoms with E-state index < -0.39 is 12.0 Å². The maximum Gasteiger partial charge on any atom is 0.338 e. The van der Waals surface area contributed by atoms with Gasteiger partial charge in [0.05, 0.1) is 42.7 Å². The van der Waals surface area contributed by atoms with Crippen LogP contribution in [-0.2, 0) is 25.6 Å². The number of rotatable bonds is 9. The molecule has 45 heavy (non-hydrogen) atoms. The van der Waals surface area contributed by atoms with Crippen molar-refractivity contribution in [3.8, 4) is 5.75 Å². The minimum Gasteiger partial charge on any atom is -0.496 e. The number of methoxy groups -OCH3 is 1. The lowest BCUT2D eigenvalue weighted by atomic mass is 9.93. The highest BCUT2D eigenvalue weighted by atomic mass is 32.1. The number of para-hydroxylation sites is 2. The number of ether oxygens (including phenoxy) is 3. The number of aromatic nitrogens is 2. The number of benzene rings is 2. The van der Waals surface area contributed by atoms with Crippen LogP contribution in [0.2, 0.25) is 0 Å². The maximum absolute atomic E-state index is 14.3. The molecule has 2 aromatic heterocycles. The average Bonchev–Trinajstić information content (AvgIpc) is 3.57. The predicted octanol–water partition coefficient (Wildman–Crippen LogP) is 3.40. The van der Waals surface area contributed by atoms with Crippen LogP contribution in [0.25, 0.3) is 17.0 Å². The molecule has 4 aromatic rings. The minimum absolute atomic E-state index is 0.0248. The number of fused-ring (bicyclic) bond motifs is 2. The van der Waals surface area contributed by atoms with Crippen molar-refractivity contribution < 1.29 is 23.8 Å². The second-order valence-corrected chi connectivity index (χ2v) is 11.9. The molecule has 10 nitrogen and oxygen atoms in total. The van der Waals surface area contributed by atoms with Crippen LogP contribution in [0.4, 0.5) is 0 Å². The van der Waals surface area contributed by atoms with E-state index in [1.165, 1.54) is 11.3 Å². The van der Waals surface area contributed by atoms with Crippen LogP contribution in [0.5, 0.6) is 5.75 Å². The fourth-order valence-electron chi connectivity index (χ4n) is 6.03. The monoisotopic (exact) mass is 628 g/mol. The molecule has 6 rings (SSSR count). The Labute approximate surface area is 264 Å². The van der Waals surface area contributed by atoms with Crippen LogP contribution < -0.4 is 19.6 Å². The summed E-state index contributed by atoms with van der Waals surface area (Å²) in [5.74, 6) is 0.0873. The highest BCUT2D eigenvalue weighted by Gasteiger charge is 2.36. The van der Waals surface area contributed by atoms with Gasteiger partial charge in [-0.25, -0.2) is 9.79 Å². The fraction of sp³-hybridized carbons (Fsp3) is 0.353. The Balaban J connectivity index is 1.51. The summed E-state index contributed by atoms with van der Waals surface area (Å²) < 4.78 is 20.6. The molecule has 11 heteroatoms. The second-order valence-electron chi connectivity index (χ2n) is 10.9. The first-order valence-electron chi connectivity index (χ1n) is 15.2. The van der Waals surface area contributed by atoms with E-state index in [0.717, 1.165) is 22.9 Å². The molecule has 234 valence electrons. The number of hydrogen-bond donors (Lipinski definition) is 0. The normalized spacial score (nSPS) is 16.9. The lowest BCUT2D eigenvalue weighted by Crippen LogP contribution is -2.42. The number of esters is 1. The highest BCUT2D eigenvalue weighted by molar-refractivity contribution is 7.07. The Morgan fingerprint density at radius 2 is 1.84 bits per heavy atom. The Bertz CT molecular complexity index is 1960. The Hall–Kier alpha value is -4.48. The molecule has 4 heterocycles. The Morgan fingerprint density at radius 1 is 1.09 bits per heavy atom. The van der Waals surface area contributed by atoms with E-state index in [9.17, 15) is 14.4 Å². The first-order valence-corrected chi connectivity index (χ1v) is 16.0. The number of thiazole rings is 1. The van der Waals surface area contributed by atoms with Crippen LogP contribution in [0, 0.1) is 0 Å². The Morgan fingerprint density at radius 3 is 2.60 bits per heavy atom. The molecule has 2 aliphatic heterocycles. The molecular formula is C34H36N4O6S. The molecule has 1 amide bonds. The van der Waals surface area contributed by atoms with Crippen molar-refractivity contribution in [2.45, 2.75) is 39.3 Å². The molecule has 1 atom stereocenters. The maximum atomic E-state index is 14.3. The zero-order valence-electron chi connectivity index (χ0n) is 25.7. The number of carbonyl (C=O) groups excluding carboxylic acids is 2. The van der Waals surface area contributed by atoms with Gasteiger partial charge in [-0.1, -0.05) is 61.1 Å². The summed E-state index contributed by atoms with van der Waals surface area (Å²) in [4.78, 5) is 48.1. The van der Waals surface area contributed by atoms with Crippen molar-refractivity contribution in [1.29, 1.82) is 0 Å². The molecular weight excluding hydrogens is 592 g/mol. The molecule has 2 aromatic carbocycles. The van der Waals surface area contributed by atoms with Gasteiger partial charge in [0.15, 0.2) is 4.80 Å². The molecule has 0 bridgehead atoms. The molecule has 0 aliphatic carbocycles. The largest absolute Gasteiger partial charge is 0.496 e. The van der Waals surface area contributed by atoms with E-state index in [-0.39, 0.29) is 24.6 Å². The summed E-state index contributed by atoms with van der Waals surface area (Å²) >= 11 is 1.28. The van der Waals surface area contributed by atoms with Gasteiger partial charge in [-0.05, 0) is 31.6 Å². The summed E-state index contributed by atoms with van der Waals surface area (Å²) in [6, 6.07) is 14.5. The first kappa shape index (κ1) is 30.5. The van der Waals surface area contributed by atoms with E-state index >= 15 is 0 Å². The molecule has 2 aliphatic rings. The number of morpholine rings is 1. The average molecular weight is 629 g/mol. The zero-order chi connectivity index (χ0) is 31.5. The third-order valence-corrected chi connectivity index (χ3v) is 9.08. The quantitative estimate of drug-likeness (QED) is 0.263. The van der Waals surface area contributed by atoms with Gasteiger partial charge in [-0.15, -0.1) is 0 Å². The number of hydrogen-bond acceptors (Lipinski definition) is 8. The third-order valence-electron chi connectivity index (χ3n) is 8.10. The predicted molar refractivity (Wildman–Crippen MR) is 172 cm³/mol. The van der Waals surface area contributed by atoms with Gasteiger partial charge < -0.3 is 23.7 Å². The standard InChI is InChI=1S/C34H36N4O6S/c1-4-10-25-30(33(41)44-5-2)31(24-12-7-9-14-27(24)42-3)38-32(40)28(45-34(38)35-25)19-22-20-37(26-13-8-6-11-23(22)26)21-29(39)36-15-17-43-18-16-36/h6-9,11-14,19-20,31H,4-5,10,15-18,21H2,1-3H3/b28-19+/t31-/m0/s1. The van der Waals surface area contributed by atoms with E-state index in [1.54, 1.807) is 18.6 Å². The number of nitrogens with zero attached hydrogens (tertiary/aromatic N) is 4. The molecule has 0 unspecified atom stereocenters. The van der Waals surface area contributed by atoms with Gasteiger partial charge in [-0.2, -0.15) is 0 Å². The molecule has 0 N–H and O–H groups in total. The second kappa shape index (κ2) is 13.3. The fourth-order valence-corrected chi connectivity index (χ4v) is 7.04. The Kier molecular flexibility index (Phi) is 8.99. The minimum atomic E-state index is -0.771. The van der Waals surface area contributed by atoms with Crippen LogP contribution in [0.3, 0.4) is 0 Å². The van der Waals surface area contributed by atoms with Crippen molar-refractivity contribution in [2.24, 2.45) is 4.99 Å². The van der Waals surface area contributed by atoms with Gasteiger partial charge in [0, 0.05) is 41.3 Å². The summed E-state index contributed by atoms with van der Waals surface area (Å²) in [6.45, 7) is 6.40.